The Morgan fingerprint density at radius 2 is 1.73 bits per heavy atom. The van der Waals surface area contributed by atoms with Crippen LogP contribution in [0.25, 0.3) is 22.0 Å². The molecule has 1 amide bonds. The van der Waals surface area contributed by atoms with Gasteiger partial charge in [0.2, 0.25) is 5.91 Å². The molecule has 26 heavy (non-hydrogen) atoms. The van der Waals surface area contributed by atoms with Crippen molar-refractivity contribution in [2.45, 2.75) is 13.8 Å². The first-order chi connectivity index (χ1) is 12.0. The molecule has 6 heteroatoms. The minimum atomic E-state index is -0.100. The largest absolute Gasteiger partial charge is 0.493 e. The third-order valence-corrected chi connectivity index (χ3v) is 4.00. The van der Waals surface area contributed by atoms with E-state index in [9.17, 15) is 4.79 Å². The average molecular weight is 373 g/mol. The summed E-state index contributed by atoms with van der Waals surface area (Å²) in [6, 6.07) is 13.5. The molecule has 0 saturated carbocycles. The SMILES string of the molecule is COc1cc2cc(-c3cccc(NC(C)=O)c3)nc(C)c2cc1OC.Cl. The van der Waals surface area contributed by atoms with Crippen LogP contribution in [0.4, 0.5) is 5.69 Å². The van der Waals surface area contributed by atoms with Gasteiger partial charge in [0.05, 0.1) is 19.9 Å². The predicted molar refractivity (Wildman–Crippen MR) is 107 cm³/mol. The van der Waals surface area contributed by atoms with Gasteiger partial charge >= 0.3 is 0 Å². The summed E-state index contributed by atoms with van der Waals surface area (Å²) in [5.74, 6) is 1.26. The van der Waals surface area contributed by atoms with Gasteiger partial charge in [0, 0.05) is 29.3 Å². The maximum atomic E-state index is 11.3. The van der Waals surface area contributed by atoms with E-state index in [1.54, 1.807) is 14.2 Å². The van der Waals surface area contributed by atoms with E-state index < -0.39 is 0 Å². The fourth-order valence-electron chi connectivity index (χ4n) is 2.86. The van der Waals surface area contributed by atoms with E-state index in [1.807, 2.05) is 49.4 Å². The summed E-state index contributed by atoms with van der Waals surface area (Å²) in [5, 5.41) is 4.83. The fourth-order valence-corrected chi connectivity index (χ4v) is 2.86. The number of ether oxygens (including phenoxy) is 2. The van der Waals surface area contributed by atoms with Gasteiger partial charge in [-0.3, -0.25) is 9.78 Å². The van der Waals surface area contributed by atoms with Crippen LogP contribution < -0.4 is 14.8 Å². The molecule has 0 unspecified atom stereocenters. The summed E-state index contributed by atoms with van der Waals surface area (Å²) in [5.41, 5.74) is 3.42. The maximum Gasteiger partial charge on any atom is 0.221 e. The average Bonchev–Trinajstić information content (AvgIpc) is 2.60. The number of fused-ring (bicyclic) bond motifs is 1. The Labute approximate surface area is 158 Å². The van der Waals surface area contributed by atoms with Gasteiger partial charge in [-0.25, -0.2) is 0 Å². The predicted octanol–water partition coefficient (Wildman–Crippen LogP) is 4.61. The summed E-state index contributed by atoms with van der Waals surface area (Å²) in [7, 11) is 3.24. The lowest BCUT2D eigenvalue weighted by atomic mass is 10.0. The highest BCUT2D eigenvalue weighted by Gasteiger charge is 2.11. The van der Waals surface area contributed by atoms with Crippen LogP contribution >= 0.6 is 12.4 Å². The molecule has 0 fully saturated rings. The number of anilines is 1. The van der Waals surface area contributed by atoms with E-state index >= 15 is 0 Å². The van der Waals surface area contributed by atoms with Crippen molar-refractivity contribution in [2.75, 3.05) is 19.5 Å². The number of carbonyl (C=O) groups excluding carboxylic acids is 1. The summed E-state index contributed by atoms with van der Waals surface area (Å²) in [6.07, 6.45) is 0. The number of aryl methyl sites for hydroxylation is 1. The molecule has 2 aromatic carbocycles. The first-order valence-electron chi connectivity index (χ1n) is 7.93. The molecule has 1 heterocycles. The van der Waals surface area contributed by atoms with Crippen LogP contribution in [-0.2, 0) is 4.79 Å². The monoisotopic (exact) mass is 372 g/mol. The molecule has 0 saturated heterocycles. The molecule has 0 atom stereocenters. The molecule has 5 nitrogen and oxygen atoms in total. The number of hydrogen-bond acceptors (Lipinski definition) is 4. The van der Waals surface area contributed by atoms with Gasteiger partial charge in [0.1, 0.15) is 0 Å². The zero-order valence-electron chi connectivity index (χ0n) is 15.1. The number of carbonyl (C=O) groups is 1. The highest BCUT2D eigenvalue weighted by atomic mass is 35.5. The molecule has 0 aliphatic carbocycles. The van der Waals surface area contributed by atoms with Crippen LogP contribution in [-0.4, -0.2) is 25.1 Å². The second-order valence-electron chi connectivity index (χ2n) is 5.78. The van der Waals surface area contributed by atoms with Crippen LogP contribution in [0, 0.1) is 6.92 Å². The zero-order valence-corrected chi connectivity index (χ0v) is 15.9. The van der Waals surface area contributed by atoms with Crippen molar-refractivity contribution in [1.29, 1.82) is 0 Å². The topological polar surface area (TPSA) is 60.5 Å². The number of nitrogens with zero attached hydrogens (tertiary/aromatic N) is 1. The lowest BCUT2D eigenvalue weighted by Gasteiger charge is -2.12. The van der Waals surface area contributed by atoms with Crippen molar-refractivity contribution in [2.24, 2.45) is 0 Å². The Bertz CT molecular complexity index is 957. The van der Waals surface area contributed by atoms with Gasteiger partial charge in [-0.05, 0) is 42.6 Å². The van der Waals surface area contributed by atoms with E-state index in [2.05, 4.69) is 5.32 Å². The lowest BCUT2D eigenvalue weighted by Crippen LogP contribution is -2.05. The molecule has 1 aromatic heterocycles. The minimum Gasteiger partial charge on any atom is -0.493 e. The molecule has 3 rings (SSSR count). The number of amides is 1. The molecule has 136 valence electrons. The first-order valence-corrected chi connectivity index (χ1v) is 7.93. The van der Waals surface area contributed by atoms with Crippen molar-refractivity contribution in [3.8, 4) is 22.8 Å². The zero-order chi connectivity index (χ0) is 18.0. The van der Waals surface area contributed by atoms with Crippen molar-refractivity contribution >= 4 is 34.8 Å². The molecule has 0 spiro atoms. The Balaban J connectivity index is 0.00000243. The molecule has 1 N–H and O–H groups in total. The highest BCUT2D eigenvalue weighted by Crippen LogP contribution is 2.35. The van der Waals surface area contributed by atoms with Crippen LogP contribution in [0.5, 0.6) is 11.5 Å². The number of methoxy groups -OCH3 is 2. The Morgan fingerprint density at radius 3 is 2.38 bits per heavy atom. The molecule has 0 bridgehead atoms. The molecular weight excluding hydrogens is 352 g/mol. The smallest absolute Gasteiger partial charge is 0.221 e. The summed E-state index contributed by atoms with van der Waals surface area (Å²) in [6.45, 7) is 3.46. The Morgan fingerprint density at radius 1 is 1.04 bits per heavy atom. The van der Waals surface area contributed by atoms with Crippen molar-refractivity contribution in [3.05, 3.63) is 48.2 Å². The van der Waals surface area contributed by atoms with E-state index in [4.69, 9.17) is 14.5 Å². The molecule has 0 aliphatic rings. The Hall–Kier alpha value is -2.79. The molecule has 0 radical (unpaired) electrons. The number of aromatic nitrogens is 1. The van der Waals surface area contributed by atoms with Gasteiger partial charge in [0.25, 0.3) is 0 Å². The van der Waals surface area contributed by atoms with Gasteiger partial charge in [0.15, 0.2) is 11.5 Å². The summed E-state index contributed by atoms with van der Waals surface area (Å²) < 4.78 is 10.8. The number of pyridine rings is 1. The van der Waals surface area contributed by atoms with Gasteiger partial charge in [-0.1, -0.05) is 12.1 Å². The second kappa shape index (κ2) is 8.06. The van der Waals surface area contributed by atoms with Crippen molar-refractivity contribution < 1.29 is 14.3 Å². The quantitative estimate of drug-likeness (QED) is 0.726. The second-order valence-corrected chi connectivity index (χ2v) is 5.78. The standard InChI is InChI=1S/C20H20N2O3.ClH/c1-12-17-11-20(25-4)19(24-3)10-15(17)9-18(21-12)14-6-5-7-16(8-14)22-13(2)23;/h5-11H,1-4H3,(H,22,23);1H. The van der Waals surface area contributed by atoms with Crippen LogP contribution in [0.1, 0.15) is 12.6 Å². The lowest BCUT2D eigenvalue weighted by molar-refractivity contribution is -0.114. The summed E-state index contributed by atoms with van der Waals surface area (Å²) in [4.78, 5) is 16.0. The first kappa shape index (κ1) is 19.5. The fraction of sp³-hybridized carbons (Fsp3) is 0.200. The molecule has 3 aromatic rings. The third kappa shape index (κ3) is 3.89. The van der Waals surface area contributed by atoms with Gasteiger partial charge in [-0.2, -0.15) is 0 Å². The Kier molecular flexibility index (Phi) is 6.05. The number of benzene rings is 2. The normalized spacial score (nSPS) is 10.2. The maximum absolute atomic E-state index is 11.3. The highest BCUT2D eigenvalue weighted by molar-refractivity contribution is 5.92. The number of halogens is 1. The van der Waals surface area contributed by atoms with Crippen LogP contribution in [0.3, 0.4) is 0 Å². The molecule has 0 aliphatic heterocycles. The van der Waals surface area contributed by atoms with E-state index in [1.165, 1.54) is 6.92 Å². The van der Waals surface area contributed by atoms with Gasteiger partial charge < -0.3 is 14.8 Å². The third-order valence-electron chi connectivity index (χ3n) is 4.00. The van der Waals surface area contributed by atoms with Gasteiger partial charge in [-0.15, -0.1) is 12.4 Å². The number of nitrogens with one attached hydrogen (secondary N) is 1. The van der Waals surface area contributed by atoms with Crippen LogP contribution in [0.2, 0.25) is 0 Å². The molecular formula is C20H21ClN2O3. The van der Waals surface area contributed by atoms with E-state index in [0.717, 1.165) is 33.4 Å². The van der Waals surface area contributed by atoms with E-state index in [-0.39, 0.29) is 18.3 Å². The summed E-state index contributed by atoms with van der Waals surface area (Å²) >= 11 is 0. The number of hydrogen-bond donors (Lipinski definition) is 1. The minimum absolute atomic E-state index is 0. The van der Waals surface area contributed by atoms with E-state index in [0.29, 0.717) is 11.5 Å². The van der Waals surface area contributed by atoms with Crippen LogP contribution in [0.15, 0.2) is 42.5 Å². The number of rotatable bonds is 4. The van der Waals surface area contributed by atoms with Crippen molar-refractivity contribution in [1.82, 2.24) is 4.98 Å². The van der Waals surface area contributed by atoms with Crippen molar-refractivity contribution in [3.63, 3.8) is 0 Å².